The summed E-state index contributed by atoms with van der Waals surface area (Å²) in [5.74, 6) is 5.19. The maximum Gasteiger partial charge on any atom is 0.270 e. The van der Waals surface area contributed by atoms with E-state index in [-0.39, 0.29) is 5.91 Å². The first-order valence-corrected chi connectivity index (χ1v) is 5.83. The number of rotatable bonds is 2. The molecule has 0 spiro atoms. The Bertz CT molecular complexity index is 656. The maximum absolute atomic E-state index is 11.8. The van der Waals surface area contributed by atoms with Gasteiger partial charge in [-0.05, 0) is 19.1 Å². The Morgan fingerprint density at radius 1 is 1.44 bits per heavy atom. The molecule has 3 nitrogen and oxygen atoms in total. The van der Waals surface area contributed by atoms with Crippen molar-refractivity contribution in [2.24, 2.45) is 0 Å². The summed E-state index contributed by atoms with van der Waals surface area (Å²) in [5.41, 5.74) is 1.01. The molecule has 0 unspecified atom stereocenters. The third kappa shape index (κ3) is 2.61. The molecule has 0 fully saturated rings. The van der Waals surface area contributed by atoms with Crippen LogP contribution < -0.4 is 5.32 Å². The molecule has 90 valence electrons. The Hall–Kier alpha value is -2.05. The minimum absolute atomic E-state index is 0.273. The van der Waals surface area contributed by atoms with Crippen LogP contribution >= 0.6 is 11.6 Å². The van der Waals surface area contributed by atoms with Crippen molar-refractivity contribution in [3.05, 3.63) is 41.0 Å². The van der Waals surface area contributed by atoms with Crippen LogP contribution in [0.3, 0.4) is 0 Å². The zero-order chi connectivity index (χ0) is 13.0. The third-order valence-electron chi connectivity index (χ3n) is 2.41. The van der Waals surface area contributed by atoms with E-state index in [1.54, 1.807) is 13.0 Å². The highest BCUT2D eigenvalue weighted by Gasteiger charge is 2.09. The van der Waals surface area contributed by atoms with Crippen LogP contribution in [0.2, 0.25) is 5.02 Å². The van der Waals surface area contributed by atoms with E-state index in [0.29, 0.717) is 22.8 Å². The SMILES string of the molecule is CC#CCNC(=O)c1cc(Cl)c2ccccc2n1. The second-order valence-electron chi connectivity index (χ2n) is 3.62. The number of hydrogen-bond donors (Lipinski definition) is 1. The molecule has 0 saturated heterocycles. The monoisotopic (exact) mass is 258 g/mol. The highest BCUT2D eigenvalue weighted by Crippen LogP contribution is 2.22. The van der Waals surface area contributed by atoms with Crippen molar-refractivity contribution >= 4 is 28.4 Å². The smallest absolute Gasteiger partial charge is 0.270 e. The van der Waals surface area contributed by atoms with Gasteiger partial charge in [0.2, 0.25) is 0 Å². The Morgan fingerprint density at radius 2 is 2.22 bits per heavy atom. The number of hydrogen-bond acceptors (Lipinski definition) is 2. The Balaban J connectivity index is 2.33. The van der Waals surface area contributed by atoms with E-state index in [9.17, 15) is 4.79 Å². The molecule has 1 heterocycles. The van der Waals surface area contributed by atoms with Crippen LogP contribution in [0.1, 0.15) is 17.4 Å². The second-order valence-corrected chi connectivity index (χ2v) is 4.02. The lowest BCUT2D eigenvalue weighted by atomic mass is 10.2. The first-order valence-electron chi connectivity index (χ1n) is 5.45. The van der Waals surface area contributed by atoms with E-state index in [2.05, 4.69) is 22.1 Å². The van der Waals surface area contributed by atoms with Gasteiger partial charge in [-0.2, -0.15) is 0 Å². The minimum Gasteiger partial charge on any atom is -0.340 e. The molecule has 2 rings (SSSR count). The van der Waals surface area contributed by atoms with Crippen LogP contribution in [-0.2, 0) is 0 Å². The number of pyridine rings is 1. The van der Waals surface area contributed by atoms with Crippen LogP contribution in [0.15, 0.2) is 30.3 Å². The number of fused-ring (bicyclic) bond motifs is 1. The summed E-state index contributed by atoms with van der Waals surface area (Å²) in [6.45, 7) is 2.03. The fourth-order valence-electron chi connectivity index (χ4n) is 1.55. The van der Waals surface area contributed by atoms with Crippen LogP contribution in [0.25, 0.3) is 10.9 Å². The van der Waals surface area contributed by atoms with Crippen LogP contribution in [0, 0.1) is 11.8 Å². The molecule has 1 aromatic heterocycles. The van der Waals surface area contributed by atoms with E-state index in [0.717, 1.165) is 5.39 Å². The summed E-state index contributed by atoms with van der Waals surface area (Å²) in [4.78, 5) is 16.1. The predicted octanol–water partition coefficient (Wildman–Crippen LogP) is 2.64. The van der Waals surface area contributed by atoms with Gasteiger partial charge in [-0.1, -0.05) is 35.7 Å². The van der Waals surface area contributed by atoms with Crippen molar-refractivity contribution < 1.29 is 4.79 Å². The third-order valence-corrected chi connectivity index (χ3v) is 2.73. The van der Waals surface area contributed by atoms with E-state index < -0.39 is 0 Å². The van der Waals surface area contributed by atoms with E-state index >= 15 is 0 Å². The Kier molecular flexibility index (Phi) is 3.81. The van der Waals surface area contributed by atoms with Crippen molar-refractivity contribution in [3.8, 4) is 11.8 Å². The number of aromatic nitrogens is 1. The standard InChI is InChI=1S/C14H11ClN2O/c1-2-3-8-16-14(18)13-9-11(15)10-6-4-5-7-12(10)17-13/h4-7,9H,8H2,1H3,(H,16,18). The molecule has 18 heavy (non-hydrogen) atoms. The summed E-state index contributed by atoms with van der Waals surface area (Å²) in [5, 5.41) is 4.02. The van der Waals surface area contributed by atoms with Crippen molar-refractivity contribution in [1.82, 2.24) is 10.3 Å². The molecule has 4 heteroatoms. The lowest BCUT2D eigenvalue weighted by molar-refractivity contribution is 0.0954. The number of nitrogens with zero attached hydrogens (tertiary/aromatic N) is 1. The van der Waals surface area contributed by atoms with Crippen LogP contribution in [-0.4, -0.2) is 17.4 Å². The van der Waals surface area contributed by atoms with Crippen molar-refractivity contribution in [2.75, 3.05) is 6.54 Å². The number of nitrogens with one attached hydrogen (secondary N) is 1. The van der Waals surface area contributed by atoms with Gasteiger partial charge in [0, 0.05) is 5.39 Å². The second kappa shape index (κ2) is 5.52. The molecule has 1 N–H and O–H groups in total. The molecule has 0 bridgehead atoms. The molecule has 0 aliphatic carbocycles. The summed E-state index contributed by atoms with van der Waals surface area (Å²) in [6.07, 6.45) is 0. The first kappa shape index (κ1) is 12.4. The van der Waals surface area contributed by atoms with Gasteiger partial charge in [-0.15, -0.1) is 5.92 Å². The van der Waals surface area contributed by atoms with E-state index in [1.807, 2.05) is 24.3 Å². The van der Waals surface area contributed by atoms with Gasteiger partial charge in [0.15, 0.2) is 0 Å². The summed E-state index contributed by atoms with van der Waals surface area (Å²) < 4.78 is 0. The molecular weight excluding hydrogens is 248 g/mol. The first-order chi connectivity index (χ1) is 8.72. The summed E-state index contributed by atoms with van der Waals surface area (Å²) >= 11 is 6.12. The zero-order valence-electron chi connectivity index (χ0n) is 9.83. The number of carbonyl (C=O) groups excluding carboxylic acids is 1. The Morgan fingerprint density at radius 3 is 3.00 bits per heavy atom. The highest BCUT2D eigenvalue weighted by molar-refractivity contribution is 6.35. The average molecular weight is 259 g/mol. The van der Waals surface area contributed by atoms with Crippen molar-refractivity contribution in [1.29, 1.82) is 0 Å². The number of benzene rings is 1. The molecule has 0 saturated carbocycles. The molecule has 0 radical (unpaired) electrons. The molecule has 2 aromatic rings. The van der Waals surface area contributed by atoms with Gasteiger partial charge >= 0.3 is 0 Å². The van der Waals surface area contributed by atoms with Gasteiger partial charge in [-0.25, -0.2) is 4.98 Å². The molecule has 0 atom stereocenters. The van der Waals surface area contributed by atoms with Gasteiger partial charge in [-0.3, -0.25) is 4.79 Å². The van der Waals surface area contributed by atoms with Crippen molar-refractivity contribution in [2.45, 2.75) is 6.92 Å². The van der Waals surface area contributed by atoms with Gasteiger partial charge in [0.05, 0.1) is 17.1 Å². The molecular formula is C14H11ClN2O. The molecule has 0 aliphatic rings. The number of amides is 1. The predicted molar refractivity (Wildman–Crippen MR) is 72.5 cm³/mol. The van der Waals surface area contributed by atoms with Crippen LogP contribution in [0.4, 0.5) is 0 Å². The minimum atomic E-state index is -0.273. The highest BCUT2D eigenvalue weighted by atomic mass is 35.5. The summed E-state index contributed by atoms with van der Waals surface area (Å²) in [6, 6.07) is 9.00. The lowest BCUT2D eigenvalue weighted by Crippen LogP contribution is -2.24. The zero-order valence-corrected chi connectivity index (χ0v) is 10.6. The van der Waals surface area contributed by atoms with Gasteiger partial charge < -0.3 is 5.32 Å². The number of halogens is 1. The van der Waals surface area contributed by atoms with Crippen LogP contribution in [0.5, 0.6) is 0 Å². The fourth-order valence-corrected chi connectivity index (χ4v) is 1.82. The summed E-state index contributed by atoms with van der Waals surface area (Å²) in [7, 11) is 0. The van der Waals surface area contributed by atoms with Gasteiger partial charge in [0.1, 0.15) is 5.69 Å². The fraction of sp³-hybridized carbons (Fsp3) is 0.143. The number of para-hydroxylation sites is 1. The number of carbonyl (C=O) groups is 1. The topological polar surface area (TPSA) is 42.0 Å². The largest absolute Gasteiger partial charge is 0.340 e. The molecule has 1 amide bonds. The Labute approximate surface area is 110 Å². The van der Waals surface area contributed by atoms with E-state index in [4.69, 9.17) is 11.6 Å². The maximum atomic E-state index is 11.8. The quantitative estimate of drug-likeness (QED) is 0.842. The average Bonchev–Trinajstić information content (AvgIpc) is 2.39. The van der Waals surface area contributed by atoms with Gasteiger partial charge in [0.25, 0.3) is 5.91 Å². The molecule has 0 aliphatic heterocycles. The normalized spacial score (nSPS) is 9.67. The van der Waals surface area contributed by atoms with E-state index in [1.165, 1.54) is 0 Å². The molecule has 1 aromatic carbocycles. The van der Waals surface area contributed by atoms with Crippen molar-refractivity contribution in [3.63, 3.8) is 0 Å². The lowest BCUT2D eigenvalue weighted by Gasteiger charge is -2.04.